The molecule has 0 aromatic heterocycles. The van der Waals surface area contributed by atoms with Crippen molar-refractivity contribution < 1.29 is 9.53 Å². The van der Waals surface area contributed by atoms with Gasteiger partial charge in [0.15, 0.2) is 0 Å². The van der Waals surface area contributed by atoms with Crippen molar-refractivity contribution in [2.45, 2.75) is 32.8 Å². The first-order valence-corrected chi connectivity index (χ1v) is 6.07. The molecule has 0 aromatic rings. The van der Waals surface area contributed by atoms with Gasteiger partial charge in [0.05, 0.1) is 12.5 Å². The van der Waals surface area contributed by atoms with Crippen LogP contribution in [0.2, 0.25) is 0 Å². The first-order valence-electron chi connectivity index (χ1n) is 6.07. The Kier molecular flexibility index (Phi) is 5.22. The Bertz CT molecular complexity index is 219. The fourth-order valence-electron chi connectivity index (χ4n) is 2.45. The van der Waals surface area contributed by atoms with Gasteiger partial charge in [0.25, 0.3) is 0 Å². The molecule has 0 spiro atoms. The number of amides is 1. The predicted molar refractivity (Wildman–Crippen MR) is 64.0 cm³/mol. The smallest absolute Gasteiger partial charge is 0.225 e. The Balaban J connectivity index is 2.46. The Morgan fingerprint density at radius 1 is 1.44 bits per heavy atom. The zero-order valence-electron chi connectivity index (χ0n) is 10.6. The standard InChI is InChI=1S/C12H24N2O2/c1-9-4-10(2)8-14(7-9)12(15)5-11(6-13)16-3/h9-11H,4-8,13H2,1-3H3. The highest BCUT2D eigenvalue weighted by Crippen LogP contribution is 2.21. The molecule has 3 unspecified atom stereocenters. The molecule has 4 heteroatoms. The minimum Gasteiger partial charge on any atom is -0.380 e. The fourth-order valence-corrected chi connectivity index (χ4v) is 2.45. The number of carbonyl (C=O) groups is 1. The SMILES string of the molecule is COC(CN)CC(=O)N1CC(C)CC(C)C1. The molecule has 2 N–H and O–H groups in total. The third-order valence-electron chi connectivity index (χ3n) is 3.22. The van der Waals surface area contributed by atoms with Crippen LogP contribution in [0.1, 0.15) is 26.7 Å². The van der Waals surface area contributed by atoms with Gasteiger partial charge in [-0.3, -0.25) is 4.79 Å². The van der Waals surface area contributed by atoms with E-state index in [1.807, 2.05) is 4.90 Å². The molecule has 0 aliphatic carbocycles. The molecule has 94 valence electrons. The second-order valence-electron chi connectivity index (χ2n) is 5.04. The quantitative estimate of drug-likeness (QED) is 0.776. The summed E-state index contributed by atoms with van der Waals surface area (Å²) in [5.41, 5.74) is 5.52. The van der Waals surface area contributed by atoms with Crippen LogP contribution in [0.5, 0.6) is 0 Å². The first kappa shape index (κ1) is 13.5. The average Bonchev–Trinajstić information content (AvgIpc) is 2.24. The number of hydrogen-bond acceptors (Lipinski definition) is 3. The maximum absolute atomic E-state index is 12.0. The highest BCUT2D eigenvalue weighted by atomic mass is 16.5. The molecule has 16 heavy (non-hydrogen) atoms. The van der Waals surface area contributed by atoms with Crippen LogP contribution in [0.15, 0.2) is 0 Å². The van der Waals surface area contributed by atoms with Gasteiger partial charge in [-0.1, -0.05) is 13.8 Å². The van der Waals surface area contributed by atoms with Crippen LogP contribution in [0, 0.1) is 11.8 Å². The van der Waals surface area contributed by atoms with Crippen LogP contribution >= 0.6 is 0 Å². The lowest BCUT2D eigenvalue weighted by Crippen LogP contribution is -2.44. The summed E-state index contributed by atoms with van der Waals surface area (Å²) in [6.45, 7) is 6.56. The van der Waals surface area contributed by atoms with Gasteiger partial charge < -0.3 is 15.4 Å². The van der Waals surface area contributed by atoms with E-state index < -0.39 is 0 Å². The highest BCUT2D eigenvalue weighted by Gasteiger charge is 2.26. The van der Waals surface area contributed by atoms with E-state index in [-0.39, 0.29) is 12.0 Å². The Labute approximate surface area is 98.1 Å². The number of ether oxygens (including phenoxy) is 1. The van der Waals surface area contributed by atoms with E-state index in [1.165, 1.54) is 6.42 Å². The van der Waals surface area contributed by atoms with Crippen molar-refractivity contribution in [3.63, 3.8) is 0 Å². The van der Waals surface area contributed by atoms with E-state index in [1.54, 1.807) is 7.11 Å². The summed E-state index contributed by atoms with van der Waals surface area (Å²) in [5, 5.41) is 0. The average molecular weight is 228 g/mol. The Morgan fingerprint density at radius 2 is 2.00 bits per heavy atom. The minimum absolute atomic E-state index is 0.139. The number of hydrogen-bond donors (Lipinski definition) is 1. The summed E-state index contributed by atoms with van der Waals surface area (Å²) in [6.07, 6.45) is 1.49. The van der Waals surface area contributed by atoms with Gasteiger partial charge in [-0.15, -0.1) is 0 Å². The van der Waals surface area contributed by atoms with Crippen LogP contribution in [0.25, 0.3) is 0 Å². The van der Waals surface area contributed by atoms with Gasteiger partial charge in [0.2, 0.25) is 5.91 Å². The second kappa shape index (κ2) is 6.21. The normalized spacial score (nSPS) is 27.9. The lowest BCUT2D eigenvalue weighted by molar-refractivity contribution is -0.136. The zero-order chi connectivity index (χ0) is 12.1. The summed E-state index contributed by atoms with van der Waals surface area (Å²) < 4.78 is 5.14. The Morgan fingerprint density at radius 3 is 2.44 bits per heavy atom. The van der Waals surface area contributed by atoms with Crippen LogP contribution in [-0.2, 0) is 9.53 Å². The van der Waals surface area contributed by atoms with Crippen molar-refractivity contribution in [2.75, 3.05) is 26.7 Å². The van der Waals surface area contributed by atoms with Crippen molar-refractivity contribution in [1.82, 2.24) is 4.90 Å². The number of rotatable bonds is 4. The Hall–Kier alpha value is -0.610. The molecule has 0 aromatic carbocycles. The number of nitrogens with two attached hydrogens (primary N) is 1. The van der Waals surface area contributed by atoms with E-state index in [0.717, 1.165) is 13.1 Å². The summed E-state index contributed by atoms with van der Waals surface area (Å²) in [6, 6.07) is 0. The minimum atomic E-state index is -0.139. The topological polar surface area (TPSA) is 55.6 Å². The molecular formula is C12H24N2O2. The van der Waals surface area contributed by atoms with Gasteiger partial charge in [-0.05, 0) is 18.3 Å². The largest absolute Gasteiger partial charge is 0.380 e. The maximum Gasteiger partial charge on any atom is 0.225 e. The molecule has 0 saturated carbocycles. The van der Waals surface area contributed by atoms with E-state index in [4.69, 9.17) is 10.5 Å². The van der Waals surface area contributed by atoms with Gasteiger partial charge in [0.1, 0.15) is 0 Å². The van der Waals surface area contributed by atoms with Gasteiger partial charge >= 0.3 is 0 Å². The molecule has 1 saturated heterocycles. The molecule has 4 nitrogen and oxygen atoms in total. The van der Waals surface area contributed by atoms with Crippen molar-refractivity contribution in [2.24, 2.45) is 17.6 Å². The molecule has 1 amide bonds. The molecular weight excluding hydrogens is 204 g/mol. The lowest BCUT2D eigenvalue weighted by atomic mass is 9.91. The highest BCUT2D eigenvalue weighted by molar-refractivity contribution is 5.76. The lowest BCUT2D eigenvalue weighted by Gasteiger charge is -2.35. The van der Waals surface area contributed by atoms with Crippen LogP contribution < -0.4 is 5.73 Å². The van der Waals surface area contributed by atoms with E-state index in [2.05, 4.69) is 13.8 Å². The summed E-state index contributed by atoms with van der Waals surface area (Å²) in [7, 11) is 1.60. The van der Waals surface area contributed by atoms with Crippen molar-refractivity contribution in [1.29, 1.82) is 0 Å². The molecule has 1 heterocycles. The molecule has 3 atom stereocenters. The number of methoxy groups -OCH3 is 1. The maximum atomic E-state index is 12.0. The van der Waals surface area contributed by atoms with Crippen molar-refractivity contribution >= 4 is 5.91 Å². The molecule has 1 aliphatic rings. The van der Waals surface area contributed by atoms with E-state index >= 15 is 0 Å². The third-order valence-corrected chi connectivity index (χ3v) is 3.22. The third kappa shape index (κ3) is 3.76. The summed E-state index contributed by atoms with van der Waals surface area (Å²) in [5.74, 6) is 1.38. The fraction of sp³-hybridized carbons (Fsp3) is 0.917. The van der Waals surface area contributed by atoms with Crippen molar-refractivity contribution in [3.05, 3.63) is 0 Å². The first-order chi connectivity index (χ1) is 7.56. The predicted octanol–water partition coefficient (Wildman–Crippen LogP) is 0.855. The molecule has 1 aliphatic heterocycles. The van der Waals surface area contributed by atoms with E-state index in [9.17, 15) is 4.79 Å². The molecule has 0 radical (unpaired) electrons. The molecule has 1 rings (SSSR count). The second-order valence-corrected chi connectivity index (χ2v) is 5.04. The van der Waals surface area contributed by atoms with Gasteiger partial charge in [0, 0.05) is 26.7 Å². The zero-order valence-corrected chi connectivity index (χ0v) is 10.6. The monoisotopic (exact) mass is 228 g/mol. The summed E-state index contributed by atoms with van der Waals surface area (Å²) in [4.78, 5) is 14.0. The number of likely N-dealkylation sites (tertiary alicyclic amines) is 1. The van der Waals surface area contributed by atoms with Gasteiger partial charge in [-0.25, -0.2) is 0 Å². The molecule has 1 fully saturated rings. The van der Waals surface area contributed by atoms with Crippen molar-refractivity contribution in [3.8, 4) is 0 Å². The summed E-state index contributed by atoms with van der Waals surface area (Å²) >= 11 is 0. The number of piperidine rings is 1. The van der Waals surface area contributed by atoms with E-state index in [0.29, 0.717) is 24.8 Å². The van der Waals surface area contributed by atoms with Crippen LogP contribution in [-0.4, -0.2) is 43.7 Å². The number of carbonyl (C=O) groups excluding carboxylic acids is 1. The van der Waals surface area contributed by atoms with Crippen LogP contribution in [0.4, 0.5) is 0 Å². The molecule has 0 bridgehead atoms. The number of nitrogens with zero attached hydrogens (tertiary/aromatic N) is 1. The van der Waals surface area contributed by atoms with Gasteiger partial charge in [-0.2, -0.15) is 0 Å². The van der Waals surface area contributed by atoms with Crippen LogP contribution in [0.3, 0.4) is 0 Å².